The van der Waals surface area contributed by atoms with Crippen molar-refractivity contribution in [3.05, 3.63) is 47.5 Å². The lowest BCUT2D eigenvalue weighted by atomic mass is 9.72. The van der Waals surface area contributed by atoms with Gasteiger partial charge in [-0.2, -0.15) is 13.9 Å². The lowest BCUT2D eigenvalue weighted by Gasteiger charge is -2.43. The topological polar surface area (TPSA) is 50.9 Å². The minimum Gasteiger partial charge on any atom is -0.383 e. The molecule has 1 N–H and O–H groups in total. The normalized spacial score (nSPS) is 15.3. The molecule has 0 aliphatic rings. The number of aromatic nitrogens is 3. The summed E-state index contributed by atoms with van der Waals surface area (Å²) in [5, 5.41) is 11.6. The number of thioether (sulfide) groups is 1. The van der Waals surface area contributed by atoms with Crippen molar-refractivity contribution in [2.24, 2.45) is 5.41 Å². The van der Waals surface area contributed by atoms with Crippen LogP contribution in [-0.2, 0) is 12.1 Å². The van der Waals surface area contributed by atoms with Crippen molar-refractivity contribution in [1.82, 2.24) is 14.8 Å². The summed E-state index contributed by atoms with van der Waals surface area (Å²) in [5.74, 6) is -0.418. The van der Waals surface area contributed by atoms with Gasteiger partial charge in [0, 0.05) is 16.2 Å². The van der Waals surface area contributed by atoms with E-state index in [0.29, 0.717) is 10.6 Å². The highest BCUT2D eigenvalue weighted by atomic mass is 35.5. The summed E-state index contributed by atoms with van der Waals surface area (Å²) in [6.07, 6.45) is -1.14. The summed E-state index contributed by atoms with van der Waals surface area (Å²) < 4.78 is 53.1. The van der Waals surface area contributed by atoms with E-state index in [9.17, 15) is 22.7 Å². The minimum atomic E-state index is -4.20. The van der Waals surface area contributed by atoms with Gasteiger partial charge in [-0.15, -0.1) is 0 Å². The van der Waals surface area contributed by atoms with Gasteiger partial charge in [0.1, 0.15) is 18.3 Å². The summed E-state index contributed by atoms with van der Waals surface area (Å²) in [4.78, 5) is 3.80. The molecule has 4 nitrogen and oxygen atoms in total. The van der Waals surface area contributed by atoms with Gasteiger partial charge in [0.2, 0.25) is 0 Å². The molecule has 144 valence electrons. The predicted octanol–water partition coefficient (Wildman–Crippen LogP) is 4.44. The Bertz CT molecular complexity index is 713. The largest absolute Gasteiger partial charge is 0.383 e. The molecule has 0 amide bonds. The van der Waals surface area contributed by atoms with Crippen molar-refractivity contribution in [3.63, 3.8) is 0 Å². The van der Waals surface area contributed by atoms with Crippen molar-refractivity contribution in [2.75, 3.05) is 5.75 Å². The number of hydrogen-bond acceptors (Lipinski definition) is 4. The zero-order valence-corrected chi connectivity index (χ0v) is 15.6. The van der Waals surface area contributed by atoms with Crippen molar-refractivity contribution in [1.29, 1.82) is 0 Å². The highest BCUT2D eigenvalue weighted by Crippen LogP contribution is 2.47. The molecule has 0 radical (unpaired) electrons. The molecule has 0 aliphatic carbocycles. The van der Waals surface area contributed by atoms with Gasteiger partial charge in [-0.3, -0.25) is 0 Å². The molecule has 0 saturated carbocycles. The average molecular weight is 412 g/mol. The van der Waals surface area contributed by atoms with E-state index in [2.05, 4.69) is 10.1 Å². The van der Waals surface area contributed by atoms with E-state index >= 15 is 0 Å². The van der Waals surface area contributed by atoms with E-state index in [1.807, 2.05) is 0 Å². The second-order valence-electron chi connectivity index (χ2n) is 6.50. The van der Waals surface area contributed by atoms with E-state index in [0.717, 1.165) is 0 Å². The van der Waals surface area contributed by atoms with Crippen molar-refractivity contribution in [2.45, 2.75) is 37.7 Å². The lowest BCUT2D eigenvalue weighted by molar-refractivity contribution is -0.0810. The summed E-state index contributed by atoms with van der Waals surface area (Å²) in [5.41, 5.74) is -2.49. The molecule has 0 saturated heterocycles. The number of nitrogens with zero attached hydrogens (tertiary/aromatic N) is 3. The number of rotatable bonds is 8. The van der Waals surface area contributed by atoms with E-state index in [-0.39, 0.29) is 18.3 Å². The molecule has 2 aromatic rings. The van der Waals surface area contributed by atoms with Gasteiger partial charge in [0.05, 0.1) is 6.54 Å². The van der Waals surface area contributed by atoms with Crippen LogP contribution in [-0.4, -0.2) is 37.3 Å². The van der Waals surface area contributed by atoms with Crippen molar-refractivity contribution < 1.29 is 22.7 Å². The molecule has 1 atom stereocenters. The maximum atomic E-state index is 13.4. The molecule has 26 heavy (non-hydrogen) atoms. The lowest BCUT2D eigenvalue weighted by Crippen LogP contribution is -2.47. The number of benzene rings is 1. The van der Waals surface area contributed by atoms with Gasteiger partial charge in [-0.05, 0) is 17.7 Å². The molecule has 0 fully saturated rings. The van der Waals surface area contributed by atoms with Crippen LogP contribution in [0.4, 0.5) is 17.6 Å². The summed E-state index contributed by atoms with van der Waals surface area (Å²) in [6, 6.07) is 6.24. The zero-order chi connectivity index (χ0) is 19.6. The molecule has 10 heteroatoms. The van der Waals surface area contributed by atoms with Gasteiger partial charge < -0.3 is 5.11 Å². The summed E-state index contributed by atoms with van der Waals surface area (Å²) in [7, 11) is 0. The van der Waals surface area contributed by atoms with Crippen molar-refractivity contribution in [3.8, 4) is 0 Å². The number of hydrogen-bond donors (Lipinski definition) is 1. The quantitative estimate of drug-likeness (QED) is 0.652. The van der Waals surface area contributed by atoms with Crippen LogP contribution in [0.2, 0.25) is 5.02 Å². The van der Waals surface area contributed by atoms with Crippen molar-refractivity contribution >= 4 is 23.4 Å². The average Bonchev–Trinajstić information content (AvgIpc) is 3.06. The van der Waals surface area contributed by atoms with Crippen LogP contribution in [0.15, 0.2) is 36.9 Å². The molecule has 1 aromatic heterocycles. The Labute approximate surface area is 157 Å². The van der Waals surface area contributed by atoms with Crippen LogP contribution in [0, 0.1) is 5.41 Å². The van der Waals surface area contributed by atoms with Gasteiger partial charge in [0.15, 0.2) is 0 Å². The SMILES string of the molecule is CC(C)(CSC(F)(F)C(F)F)C(O)(Cn1cncn1)c1ccc(Cl)cc1. The first-order chi connectivity index (χ1) is 12.0. The number of alkyl halides is 4. The number of aliphatic hydroxyl groups is 1. The molecule has 0 bridgehead atoms. The first-order valence-corrected chi connectivity index (χ1v) is 8.95. The highest BCUT2D eigenvalue weighted by molar-refractivity contribution is 8.00. The number of halogens is 5. The predicted molar refractivity (Wildman–Crippen MR) is 92.6 cm³/mol. The Morgan fingerprint density at radius 2 is 1.85 bits per heavy atom. The first-order valence-electron chi connectivity index (χ1n) is 7.59. The molecule has 1 aromatic carbocycles. The Kier molecular flexibility index (Phi) is 6.24. The van der Waals surface area contributed by atoms with Gasteiger partial charge >= 0.3 is 11.7 Å². The van der Waals surface area contributed by atoms with Crippen LogP contribution in [0.3, 0.4) is 0 Å². The minimum absolute atomic E-state index is 0.0948. The molecule has 2 rings (SSSR count). The molecule has 1 heterocycles. The smallest absolute Gasteiger partial charge is 0.353 e. The standard InChI is InChI=1S/C16H18ClF4N3OS/c1-14(2,8-26-16(20,21)13(18)19)15(25,7-24-10-22-9-23-24)11-3-5-12(17)6-4-11/h3-6,9-10,13,25H,7-8H2,1-2H3. The third-order valence-electron chi connectivity index (χ3n) is 4.18. The summed E-state index contributed by atoms with van der Waals surface area (Å²) >= 11 is 5.70. The van der Waals surface area contributed by atoms with E-state index < -0.39 is 28.4 Å². The van der Waals surface area contributed by atoms with E-state index in [1.165, 1.54) is 31.2 Å². The van der Waals surface area contributed by atoms with Crippen LogP contribution in [0.25, 0.3) is 0 Å². The second kappa shape index (κ2) is 7.74. The van der Waals surface area contributed by atoms with Crippen LogP contribution in [0.1, 0.15) is 19.4 Å². The Morgan fingerprint density at radius 3 is 2.35 bits per heavy atom. The monoisotopic (exact) mass is 411 g/mol. The molecular formula is C16H18ClF4N3OS. The van der Waals surface area contributed by atoms with Crippen LogP contribution < -0.4 is 0 Å². The Balaban J connectivity index is 2.36. The maximum Gasteiger partial charge on any atom is 0.353 e. The fourth-order valence-electron chi connectivity index (χ4n) is 2.43. The molecule has 0 spiro atoms. The van der Waals surface area contributed by atoms with Crippen LogP contribution >= 0.6 is 23.4 Å². The van der Waals surface area contributed by atoms with Gasteiger partial charge in [-0.1, -0.05) is 49.3 Å². The molecule has 1 unspecified atom stereocenters. The third-order valence-corrected chi connectivity index (χ3v) is 5.86. The van der Waals surface area contributed by atoms with E-state index in [4.69, 9.17) is 11.6 Å². The fourth-order valence-corrected chi connectivity index (χ4v) is 3.47. The fraction of sp³-hybridized carbons (Fsp3) is 0.500. The zero-order valence-electron chi connectivity index (χ0n) is 14.0. The van der Waals surface area contributed by atoms with Crippen LogP contribution in [0.5, 0.6) is 0 Å². The highest BCUT2D eigenvalue weighted by Gasteiger charge is 2.49. The Morgan fingerprint density at radius 1 is 1.23 bits per heavy atom. The van der Waals surface area contributed by atoms with E-state index in [1.54, 1.807) is 24.3 Å². The molecule has 0 aliphatic heterocycles. The third kappa shape index (κ3) is 4.50. The molecular weight excluding hydrogens is 394 g/mol. The van der Waals surface area contributed by atoms with Gasteiger partial charge in [-0.25, -0.2) is 18.4 Å². The second-order valence-corrected chi connectivity index (χ2v) is 8.05. The first kappa shape index (κ1) is 21.0. The summed E-state index contributed by atoms with van der Waals surface area (Å²) in [6.45, 7) is 2.97. The Hall–Kier alpha value is -1.32. The van der Waals surface area contributed by atoms with Gasteiger partial charge in [0.25, 0.3) is 0 Å². The maximum absolute atomic E-state index is 13.4.